The number of amides is 1. The minimum absolute atomic E-state index is 0.0581. The highest BCUT2D eigenvalue weighted by Gasteiger charge is 2.11. The molecule has 4 heteroatoms. The fourth-order valence-electron chi connectivity index (χ4n) is 1.84. The van der Waals surface area contributed by atoms with E-state index in [0.717, 1.165) is 5.75 Å². The van der Waals surface area contributed by atoms with E-state index in [1.165, 1.54) is 0 Å². The Balaban J connectivity index is 2.00. The van der Waals surface area contributed by atoms with Gasteiger partial charge < -0.3 is 15.2 Å². The number of carbonyl (C=O) groups is 1. The third-order valence-corrected chi connectivity index (χ3v) is 3.14. The molecule has 4 nitrogen and oxygen atoms in total. The minimum Gasteiger partial charge on any atom is -0.457 e. The Morgan fingerprint density at radius 3 is 2.29 bits per heavy atom. The number of para-hydroxylation sites is 1. The van der Waals surface area contributed by atoms with Crippen molar-refractivity contribution in [1.29, 1.82) is 0 Å². The number of carbonyl (C=O) groups excluding carboxylic acids is 1. The first-order valence-corrected chi connectivity index (χ1v) is 6.97. The summed E-state index contributed by atoms with van der Waals surface area (Å²) in [6.07, 6.45) is 0.692. The Hall–Kier alpha value is -2.33. The summed E-state index contributed by atoms with van der Waals surface area (Å²) < 4.78 is 5.66. The minimum atomic E-state index is -0.210. The molecule has 0 unspecified atom stereocenters. The maximum atomic E-state index is 12.0. The molecular formula is C17H19NO3. The molecule has 2 aromatic rings. The van der Waals surface area contributed by atoms with Crippen molar-refractivity contribution in [2.75, 3.05) is 6.61 Å². The van der Waals surface area contributed by atoms with Gasteiger partial charge in [-0.2, -0.15) is 0 Å². The molecular weight excluding hydrogens is 266 g/mol. The zero-order valence-corrected chi connectivity index (χ0v) is 12.0. The van der Waals surface area contributed by atoms with Gasteiger partial charge in [-0.3, -0.25) is 4.79 Å². The smallest absolute Gasteiger partial charge is 0.251 e. The van der Waals surface area contributed by atoms with Crippen LogP contribution in [-0.4, -0.2) is 23.7 Å². The first-order chi connectivity index (χ1) is 10.2. The largest absolute Gasteiger partial charge is 0.457 e. The molecule has 2 aromatic carbocycles. The van der Waals surface area contributed by atoms with Crippen molar-refractivity contribution in [2.45, 2.75) is 19.4 Å². The predicted octanol–water partition coefficient (Wildman–Crippen LogP) is 2.98. The molecule has 0 aromatic heterocycles. The topological polar surface area (TPSA) is 58.6 Å². The first-order valence-electron chi connectivity index (χ1n) is 6.97. The molecule has 0 saturated heterocycles. The van der Waals surface area contributed by atoms with Crippen LogP contribution < -0.4 is 10.1 Å². The van der Waals surface area contributed by atoms with Crippen LogP contribution in [0.3, 0.4) is 0 Å². The van der Waals surface area contributed by atoms with Gasteiger partial charge in [-0.05, 0) is 42.8 Å². The molecule has 0 spiro atoms. The van der Waals surface area contributed by atoms with Crippen molar-refractivity contribution in [3.8, 4) is 11.5 Å². The lowest BCUT2D eigenvalue weighted by Gasteiger charge is -2.14. The van der Waals surface area contributed by atoms with Crippen LogP contribution in [0.5, 0.6) is 11.5 Å². The monoisotopic (exact) mass is 285 g/mol. The zero-order chi connectivity index (χ0) is 15.1. The number of rotatable bonds is 6. The Bertz CT molecular complexity index is 562. The lowest BCUT2D eigenvalue weighted by atomic mass is 10.1. The lowest BCUT2D eigenvalue weighted by Crippen LogP contribution is -2.36. The van der Waals surface area contributed by atoms with Crippen molar-refractivity contribution < 1.29 is 14.6 Å². The van der Waals surface area contributed by atoms with Gasteiger partial charge in [-0.25, -0.2) is 0 Å². The molecule has 21 heavy (non-hydrogen) atoms. The van der Waals surface area contributed by atoms with Crippen LogP contribution in [0.2, 0.25) is 0 Å². The third kappa shape index (κ3) is 4.33. The highest BCUT2D eigenvalue weighted by molar-refractivity contribution is 5.94. The van der Waals surface area contributed by atoms with Gasteiger partial charge in [-0.1, -0.05) is 25.1 Å². The normalized spacial score (nSPS) is 11.7. The summed E-state index contributed by atoms with van der Waals surface area (Å²) in [5.41, 5.74) is 0.544. The molecule has 0 aliphatic heterocycles. The number of nitrogens with one attached hydrogen (secondary N) is 1. The van der Waals surface area contributed by atoms with Crippen LogP contribution in [0.15, 0.2) is 54.6 Å². The number of benzene rings is 2. The highest BCUT2D eigenvalue weighted by Crippen LogP contribution is 2.21. The Kier molecular flexibility index (Phi) is 5.35. The average Bonchev–Trinajstić information content (AvgIpc) is 2.54. The number of aliphatic hydroxyl groups is 1. The second kappa shape index (κ2) is 7.45. The van der Waals surface area contributed by atoms with Crippen molar-refractivity contribution in [2.24, 2.45) is 0 Å². The van der Waals surface area contributed by atoms with Crippen LogP contribution >= 0.6 is 0 Å². The van der Waals surface area contributed by atoms with Crippen LogP contribution in [-0.2, 0) is 0 Å². The highest BCUT2D eigenvalue weighted by atomic mass is 16.5. The zero-order valence-electron chi connectivity index (χ0n) is 12.0. The summed E-state index contributed by atoms with van der Waals surface area (Å²) in [6.45, 7) is 1.86. The standard InChI is InChI=1S/C17H19NO3/c1-2-14(12-19)18-17(20)13-8-10-16(11-9-13)21-15-6-4-3-5-7-15/h3-11,14,19H,2,12H2,1H3,(H,18,20)/t14-/m1/s1. The Morgan fingerprint density at radius 1 is 1.10 bits per heavy atom. The van der Waals surface area contributed by atoms with Gasteiger partial charge in [0.1, 0.15) is 11.5 Å². The number of ether oxygens (including phenoxy) is 1. The van der Waals surface area contributed by atoms with Gasteiger partial charge in [0.05, 0.1) is 12.6 Å². The summed E-state index contributed by atoms with van der Waals surface area (Å²) in [4.78, 5) is 12.0. The molecule has 0 aliphatic rings. The number of hydrogen-bond donors (Lipinski definition) is 2. The van der Waals surface area contributed by atoms with Crippen LogP contribution in [0.25, 0.3) is 0 Å². The summed E-state index contributed by atoms with van der Waals surface area (Å²) in [5, 5.41) is 11.9. The number of aliphatic hydroxyl groups excluding tert-OH is 1. The van der Waals surface area contributed by atoms with E-state index in [1.807, 2.05) is 37.3 Å². The molecule has 0 radical (unpaired) electrons. The molecule has 2 rings (SSSR count). The van der Waals surface area contributed by atoms with Crippen LogP contribution in [0.4, 0.5) is 0 Å². The van der Waals surface area contributed by atoms with Crippen molar-refractivity contribution >= 4 is 5.91 Å². The van der Waals surface area contributed by atoms with E-state index in [-0.39, 0.29) is 18.6 Å². The fraction of sp³-hybridized carbons (Fsp3) is 0.235. The van der Waals surface area contributed by atoms with E-state index < -0.39 is 0 Å². The van der Waals surface area contributed by atoms with Crippen molar-refractivity contribution in [3.05, 3.63) is 60.2 Å². The van der Waals surface area contributed by atoms with E-state index in [0.29, 0.717) is 17.7 Å². The average molecular weight is 285 g/mol. The molecule has 0 aliphatic carbocycles. The quantitative estimate of drug-likeness (QED) is 0.858. The molecule has 0 saturated carbocycles. The molecule has 1 amide bonds. The molecule has 2 N–H and O–H groups in total. The van der Waals surface area contributed by atoms with E-state index in [9.17, 15) is 4.79 Å². The maximum Gasteiger partial charge on any atom is 0.251 e. The molecule has 0 fully saturated rings. The van der Waals surface area contributed by atoms with Crippen molar-refractivity contribution in [3.63, 3.8) is 0 Å². The van der Waals surface area contributed by atoms with Crippen LogP contribution in [0, 0.1) is 0 Å². The van der Waals surface area contributed by atoms with E-state index in [4.69, 9.17) is 9.84 Å². The SMILES string of the molecule is CC[C@H](CO)NC(=O)c1ccc(Oc2ccccc2)cc1. The summed E-state index contributed by atoms with van der Waals surface area (Å²) in [5.74, 6) is 1.23. The molecule has 0 bridgehead atoms. The summed E-state index contributed by atoms with van der Waals surface area (Å²) in [7, 11) is 0. The van der Waals surface area contributed by atoms with Gasteiger partial charge >= 0.3 is 0 Å². The molecule has 0 heterocycles. The van der Waals surface area contributed by atoms with Gasteiger partial charge in [0.15, 0.2) is 0 Å². The Morgan fingerprint density at radius 2 is 1.71 bits per heavy atom. The first kappa shape index (κ1) is 15.1. The predicted molar refractivity (Wildman–Crippen MR) is 81.6 cm³/mol. The summed E-state index contributed by atoms with van der Waals surface area (Å²) >= 11 is 0. The van der Waals surface area contributed by atoms with Gasteiger partial charge in [-0.15, -0.1) is 0 Å². The van der Waals surface area contributed by atoms with E-state index in [1.54, 1.807) is 24.3 Å². The third-order valence-electron chi connectivity index (χ3n) is 3.14. The maximum absolute atomic E-state index is 12.0. The number of hydrogen-bond acceptors (Lipinski definition) is 3. The lowest BCUT2D eigenvalue weighted by molar-refractivity contribution is 0.0915. The van der Waals surface area contributed by atoms with Gasteiger partial charge in [0, 0.05) is 5.56 Å². The van der Waals surface area contributed by atoms with Crippen LogP contribution in [0.1, 0.15) is 23.7 Å². The van der Waals surface area contributed by atoms with Gasteiger partial charge in [0.25, 0.3) is 5.91 Å². The van der Waals surface area contributed by atoms with E-state index in [2.05, 4.69) is 5.32 Å². The summed E-state index contributed by atoms with van der Waals surface area (Å²) in [6, 6.07) is 16.2. The Labute approximate surface area is 124 Å². The van der Waals surface area contributed by atoms with E-state index >= 15 is 0 Å². The second-order valence-corrected chi connectivity index (χ2v) is 4.70. The fourth-order valence-corrected chi connectivity index (χ4v) is 1.84. The second-order valence-electron chi connectivity index (χ2n) is 4.70. The molecule has 110 valence electrons. The molecule has 1 atom stereocenters. The van der Waals surface area contributed by atoms with Gasteiger partial charge in [0.2, 0.25) is 0 Å². The van der Waals surface area contributed by atoms with Crippen molar-refractivity contribution in [1.82, 2.24) is 5.32 Å².